The van der Waals surface area contributed by atoms with Gasteiger partial charge in [0.05, 0.1) is 4.90 Å². The molecule has 0 spiro atoms. The Bertz CT molecular complexity index is 936. The van der Waals surface area contributed by atoms with E-state index in [2.05, 4.69) is 25.3 Å². The number of aromatic nitrogens is 4. The number of aryl methyl sites for hydroxylation is 2. The molecule has 2 aromatic carbocycles. The smallest absolute Gasteiger partial charge is 0.204 e. The number of hydrogen-bond donors (Lipinski definition) is 1. The molecule has 118 valence electrons. The van der Waals surface area contributed by atoms with Gasteiger partial charge >= 0.3 is 0 Å². The van der Waals surface area contributed by atoms with Gasteiger partial charge in [0.1, 0.15) is 10.0 Å². The molecular formula is C15H14N5O2S-. The van der Waals surface area contributed by atoms with E-state index < -0.39 is 10.0 Å². The molecule has 7 nitrogen and oxygen atoms in total. The molecule has 0 bridgehead atoms. The number of H-pyrrole nitrogens is 1. The Labute approximate surface area is 133 Å². The number of sulfonamides is 1. The van der Waals surface area contributed by atoms with Crippen molar-refractivity contribution in [1.82, 2.24) is 20.6 Å². The van der Waals surface area contributed by atoms with E-state index in [0.29, 0.717) is 22.6 Å². The maximum Gasteiger partial charge on any atom is 0.204 e. The van der Waals surface area contributed by atoms with Crippen LogP contribution in [0.3, 0.4) is 0 Å². The van der Waals surface area contributed by atoms with Gasteiger partial charge in [-0.15, -0.1) is 15.9 Å². The summed E-state index contributed by atoms with van der Waals surface area (Å²) in [5, 5.41) is 13.6. The van der Waals surface area contributed by atoms with Gasteiger partial charge in [-0.1, -0.05) is 36.4 Å². The molecule has 0 aliphatic heterocycles. The van der Waals surface area contributed by atoms with E-state index in [4.69, 9.17) is 0 Å². The third kappa shape index (κ3) is 3.21. The number of rotatable bonds is 4. The zero-order valence-corrected chi connectivity index (χ0v) is 13.4. The Hall–Kier alpha value is -2.74. The molecule has 0 aliphatic rings. The van der Waals surface area contributed by atoms with E-state index in [0.717, 1.165) is 5.56 Å². The average Bonchev–Trinajstić information content (AvgIpc) is 3.04. The van der Waals surface area contributed by atoms with Crippen LogP contribution in [0.1, 0.15) is 11.1 Å². The summed E-state index contributed by atoms with van der Waals surface area (Å²) in [7, 11) is -3.79. The third-order valence-electron chi connectivity index (χ3n) is 3.30. The van der Waals surface area contributed by atoms with Crippen LogP contribution in [0, 0.1) is 13.8 Å². The standard InChI is InChI=1S/C15H14N5O2S/c1-10-6-7-11(2)14(8-10)23(21,22)18-13-5-3-4-12(9-13)15-16-19-20-17-15/h3-9H,1-2H3,(H,16,17,19,20)/q-1. The van der Waals surface area contributed by atoms with Crippen LogP contribution in [0.2, 0.25) is 0 Å². The van der Waals surface area contributed by atoms with Crippen LogP contribution >= 0.6 is 0 Å². The third-order valence-corrected chi connectivity index (χ3v) is 4.74. The van der Waals surface area contributed by atoms with Gasteiger partial charge in [-0.3, -0.25) is 0 Å². The Morgan fingerprint density at radius 2 is 1.91 bits per heavy atom. The number of tetrazole rings is 1. The predicted molar refractivity (Wildman–Crippen MR) is 85.7 cm³/mol. The van der Waals surface area contributed by atoms with Gasteiger partial charge in [-0.2, -0.15) is 5.21 Å². The van der Waals surface area contributed by atoms with Crippen LogP contribution in [-0.4, -0.2) is 29.0 Å². The molecule has 0 amide bonds. The zero-order chi connectivity index (χ0) is 16.4. The molecule has 0 fully saturated rings. The molecular weight excluding hydrogens is 314 g/mol. The second-order valence-corrected chi connectivity index (χ2v) is 6.69. The van der Waals surface area contributed by atoms with Crippen LogP contribution in [0.15, 0.2) is 47.4 Å². The van der Waals surface area contributed by atoms with Crippen molar-refractivity contribution in [2.45, 2.75) is 18.7 Å². The van der Waals surface area contributed by atoms with Gasteiger partial charge in [0.2, 0.25) is 5.82 Å². The summed E-state index contributed by atoms with van der Waals surface area (Å²) in [6.45, 7) is 3.59. The minimum absolute atomic E-state index is 0.211. The van der Waals surface area contributed by atoms with Crippen molar-refractivity contribution in [2.24, 2.45) is 0 Å². The maximum absolute atomic E-state index is 12.6. The first kappa shape index (κ1) is 15.2. The zero-order valence-electron chi connectivity index (χ0n) is 12.6. The van der Waals surface area contributed by atoms with Crippen molar-refractivity contribution in [2.75, 3.05) is 0 Å². The average molecular weight is 328 g/mol. The first-order valence-electron chi connectivity index (χ1n) is 6.85. The highest BCUT2D eigenvalue weighted by Gasteiger charge is 2.09. The van der Waals surface area contributed by atoms with Crippen molar-refractivity contribution >= 4 is 15.7 Å². The second kappa shape index (κ2) is 5.81. The molecule has 0 radical (unpaired) electrons. The first-order valence-corrected chi connectivity index (χ1v) is 8.29. The minimum Gasteiger partial charge on any atom is -0.573 e. The van der Waals surface area contributed by atoms with Crippen molar-refractivity contribution in [3.05, 3.63) is 58.3 Å². The summed E-state index contributed by atoms with van der Waals surface area (Å²) in [6.07, 6.45) is 0. The molecule has 1 aromatic heterocycles. The quantitative estimate of drug-likeness (QED) is 0.793. The monoisotopic (exact) mass is 328 g/mol. The highest BCUT2D eigenvalue weighted by molar-refractivity contribution is 7.94. The van der Waals surface area contributed by atoms with E-state index in [-0.39, 0.29) is 4.90 Å². The Morgan fingerprint density at radius 1 is 1.09 bits per heavy atom. The Balaban J connectivity index is 1.95. The van der Waals surface area contributed by atoms with Gasteiger partial charge in [0, 0.05) is 5.56 Å². The van der Waals surface area contributed by atoms with Crippen molar-refractivity contribution in [3.8, 4) is 11.4 Å². The molecule has 1 heterocycles. The Kier molecular flexibility index (Phi) is 3.83. The fourth-order valence-corrected chi connectivity index (χ4v) is 3.46. The molecule has 0 saturated carbocycles. The molecule has 0 unspecified atom stereocenters. The summed E-state index contributed by atoms with van der Waals surface area (Å²) in [5.41, 5.74) is 2.47. The SMILES string of the molecule is Cc1ccc(C)c(S(=O)(=O)[N-]c2cccc(-c3nn[nH]n3)c2)c1. The lowest BCUT2D eigenvalue weighted by Gasteiger charge is -2.23. The van der Waals surface area contributed by atoms with Gasteiger partial charge in [0.15, 0.2) is 0 Å². The van der Waals surface area contributed by atoms with E-state index in [1.165, 1.54) is 0 Å². The topological polar surface area (TPSA) is 103 Å². The normalized spacial score (nSPS) is 11.4. The summed E-state index contributed by atoms with van der Waals surface area (Å²) in [6, 6.07) is 11.9. The summed E-state index contributed by atoms with van der Waals surface area (Å²) < 4.78 is 29.0. The van der Waals surface area contributed by atoms with Gasteiger partial charge in [-0.05, 0) is 36.3 Å². The van der Waals surface area contributed by atoms with Crippen LogP contribution < -0.4 is 0 Å². The van der Waals surface area contributed by atoms with Gasteiger partial charge < -0.3 is 4.72 Å². The minimum atomic E-state index is -3.79. The van der Waals surface area contributed by atoms with E-state index in [9.17, 15) is 8.42 Å². The lowest BCUT2D eigenvalue weighted by Crippen LogP contribution is -2.01. The Morgan fingerprint density at radius 3 is 2.65 bits per heavy atom. The molecule has 8 heteroatoms. The summed E-state index contributed by atoms with van der Waals surface area (Å²) in [5.74, 6) is 0.381. The molecule has 0 aliphatic carbocycles. The van der Waals surface area contributed by atoms with Gasteiger partial charge in [-0.25, -0.2) is 8.42 Å². The van der Waals surface area contributed by atoms with Crippen LogP contribution in [0.4, 0.5) is 5.69 Å². The van der Waals surface area contributed by atoms with Crippen LogP contribution in [0.5, 0.6) is 0 Å². The second-order valence-electron chi connectivity index (χ2n) is 5.12. The first-order chi connectivity index (χ1) is 11.0. The van der Waals surface area contributed by atoms with E-state index in [1.807, 2.05) is 13.0 Å². The van der Waals surface area contributed by atoms with E-state index in [1.54, 1.807) is 43.3 Å². The molecule has 3 aromatic rings. The highest BCUT2D eigenvalue weighted by Crippen LogP contribution is 2.31. The molecule has 3 rings (SSSR count). The highest BCUT2D eigenvalue weighted by atomic mass is 32.2. The van der Waals surface area contributed by atoms with Crippen molar-refractivity contribution in [1.29, 1.82) is 0 Å². The number of aromatic amines is 1. The molecule has 0 atom stereocenters. The van der Waals surface area contributed by atoms with E-state index >= 15 is 0 Å². The summed E-state index contributed by atoms with van der Waals surface area (Å²) in [4.78, 5) is 0.211. The summed E-state index contributed by atoms with van der Waals surface area (Å²) >= 11 is 0. The molecule has 0 saturated heterocycles. The predicted octanol–water partition coefficient (Wildman–Crippen LogP) is 2.88. The van der Waals surface area contributed by atoms with Crippen LogP contribution in [0.25, 0.3) is 16.1 Å². The number of hydrogen-bond acceptors (Lipinski definition) is 5. The lowest BCUT2D eigenvalue weighted by atomic mass is 10.2. The lowest BCUT2D eigenvalue weighted by molar-refractivity contribution is 0.602. The number of nitrogens with zero attached hydrogens (tertiary/aromatic N) is 4. The largest absolute Gasteiger partial charge is 0.573 e. The number of benzene rings is 2. The number of nitrogens with one attached hydrogen (secondary N) is 1. The fourth-order valence-electron chi connectivity index (χ4n) is 2.16. The van der Waals surface area contributed by atoms with Crippen molar-refractivity contribution in [3.63, 3.8) is 0 Å². The molecule has 1 N–H and O–H groups in total. The van der Waals surface area contributed by atoms with Crippen molar-refractivity contribution < 1.29 is 8.42 Å². The van der Waals surface area contributed by atoms with Gasteiger partial charge in [0.25, 0.3) is 0 Å². The molecule has 23 heavy (non-hydrogen) atoms. The maximum atomic E-state index is 12.6. The van der Waals surface area contributed by atoms with Crippen LogP contribution in [-0.2, 0) is 10.0 Å². The fraction of sp³-hybridized carbons (Fsp3) is 0.133.